The quantitative estimate of drug-likeness (QED) is 0.766. The van der Waals surface area contributed by atoms with Gasteiger partial charge in [0.15, 0.2) is 0 Å². The Labute approximate surface area is 135 Å². The first-order valence-corrected chi connectivity index (χ1v) is 7.73. The van der Waals surface area contributed by atoms with Crippen LogP contribution in [-0.4, -0.2) is 17.0 Å². The molecule has 1 unspecified atom stereocenters. The SMILES string of the molecule is CC(C)C(C)(CC(=O)Nc1cc(Br)ccc1Br)C(=O)O. The molecule has 0 aliphatic rings. The fourth-order valence-electron chi connectivity index (χ4n) is 1.65. The highest BCUT2D eigenvalue weighted by molar-refractivity contribution is 9.11. The number of hydrogen-bond donors (Lipinski definition) is 2. The van der Waals surface area contributed by atoms with Crippen LogP contribution in [-0.2, 0) is 9.59 Å². The van der Waals surface area contributed by atoms with Gasteiger partial charge < -0.3 is 10.4 Å². The summed E-state index contributed by atoms with van der Waals surface area (Å²) in [6, 6.07) is 5.41. The summed E-state index contributed by atoms with van der Waals surface area (Å²) in [7, 11) is 0. The third kappa shape index (κ3) is 4.06. The molecule has 1 aromatic rings. The molecule has 1 atom stereocenters. The van der Waals surface area contributed by atoms with E-state index in [1.807, 2.05) is 6.07 Å². The Morgan fingerprint density at radius 3 is 2.45 bits per heavy atom. The molecule has 0 radical (unpaired) electrons. The number of carboxylic acid groups (broad SMARTS) is 1. The number of carboxylic acids is 1. The highest BCUT2D eigenvalue weighted by Crippen LogP contribution is 2.33. The molecule has 0 heterocycles. The maximum atomic E-state index is 12.1. The summed E-state index contributed by atoms with van der Waals surface area (Å²) in [5.74, 6) is -1.42. The molecule has 0 fully saturated rings. The Morgan fingerprint density at radius 1 is 1.35 bits per heavy atom. The molecule has 1 aromatic carbocycles. The van der Waals surface area contributed by atoms with Gasteiger partial charge in [-0.25, -0.2) is 0 Å². The van der Waals surface area contributed by atoms with Crippen molar-refractivity contribution in [3.8, 4) is 0 Å². The van der Waals surface area contributed by atoms with Crippen LogP contribution < -0.4 is 5.32 Å². The van der Waals surface area contributed by atoms with E-state index in [1.54, 1.807) is 32.9 Å². The summed E-state index contributed by atoms with van der Waals surface area (Å²) in [4.78, 5) is 23.5. The Balaban J connectivity index is 2.87. The van der Waals surface area contributed by atoms with Crippen molar-refractivity contribution >= 4 is 49.4 Å². The predicted molar refractivity (Wildman–Crippen MR) is 85.7 cm³/mol. The zero-order valence-corrected chi connectivity index (χ0v) is 14.7. The maximum Gasteiger partial charge on any atom is 0.310 e. The molecule has 0 bridgehead atoms. The molecule has 0 aliphatic heterocycles. The number of rotatable bonds is 5. The molecule has 1 amide bonds. The molecule has 2 N–H and O–H groups in total. The fourth-order valence-corrected chi connectivity index (χ4v) is 2.35. The van der Waals surface area contributed by atoms with Crippen LogP contribution in [0.4, 0.5) is 5.69 Å². The van der Waals surface area contributed by atoms with Crippen molar-refractivity contribution in [3.05, 3.63) is 27.1 Å². The minimum Gasteiger partial charge on any atom is -0.481 e. The number of halogens is 2. The molecule has 6 heteroatoms. The van der Waals surface area contributed by atoms with Gasteiger partial charge in [-0.05, 0) is 47.0 Å². The van der Waals surface area contributed by atoms with E-state index < -0.39 is 11.4 Å². The minimum atomic E-state index is -1.08. The summed E-state index contributed by atoms with van der Waals surface area (Å²) in [6.45, 7) is 5.20. The third-order valence-electron chi connectivity index (χ3n) is 3.49. The topological polar surface area (TPSA) is 66.4 Å². The highest BCUT2D eigenvalue weighted by Gasteiger charge is 2.38. The van der Waals surface area contributed by atoms with Crippen LogP contribution in [0, 0.1) is 11.3 Å². The first-order valence-electron chi connectivity index (χ1n) is 6.15. The minimum absolute atomic E-state index is 0.0705. The van der Waals surface area contributed by atoms with Crippen LogP contribution in [0.1, 0.15) is 27.2 Å². The Kier molecular flexibility index (Phi) is 5.77. The van der Waals surface area contributed by atoms with Crippen molar-refractivity contribution in [2.24, 2.45) is 11.3 Å². The summed E-state index contributed by atoms with van der Waals surface area (Å²) < 4.78 is 1.58. The van der Waals surface area contributed by atoms with Crippen LogP contribution in [0.25, 0.3) is 0 Å². The average molecular weight is 407 g/mol. The van der Waals surface area contributed by atoms with E-state index in [0.717, 1.165) is 8.95 Å². The maximum absolute atomic E-state index is 12.1. The lowest BCUT2D eigenvalue weighted by atomic mass is 9.76. The molecule has 0 aromatic heterocycles. The number of nitrogens with one attached hydrogen (secondary N) is 1. The molecule has 20 heavy (non-hydrogen) atoms. The normalized spacial score (nSPS) is 13.9. The van der Waals surface area contributed by atoms with Gasteiger partial charge in [-0.2, -0.15) is 0 Å². The zero-order valence-electron chi connectivity index (χ0n) is 11.5. The van der Waals surface area contributed by atoms with Gasteiger partial charge in [0.25, 0.3) is 0 Å². The molecule has 0 saturated carbocycles. The van der Waals surface area contributed by atoms with E-state index in [9.17, 15) is 14.7 Å². The zero-order chi connectivity index (χ0) is 15.5. The molecule has 4 nitrogen and oxygen atoms in total. The van der Waals surface area contributed by atoms with Crippen molar-refractivity contribution in [2.45, 2.75) is 27.2 Å². The van der Waals surface area contributed by atoms with Gasteiger partial charge in [-0.15, -0.1) is 0 Å². The first kappa shape index (κ1) is 17.2. The van der Waals surface area contributed by atoms with Crippen LogP contribution in [0.2, 0.25) is 0 Å². The lowest BCUT2D eigenvalue weighted by Crippen LogP contribution is -2.37. The highest BCUT2D eigenvalue weighted by atomic mass is 79.9. The number of amides is 1. The summed E-state index contributed by atoms with van der Waals surface area (Å²) >= 11 is 6.67. The standard InChI is InChI=1S/C14H17Br2NO3/c1-8(2)14(3,13(19)20)7-12(18)17-11-6-9(15)4-5-10(11)16/h4-6,8H,7H2,1-3H3,(H,17,18)(H,19,20). The van der Waals surface area contributed by atoms with Crippen LogP contribution in [0.15, 0.2) is 27.1 Å². The van der Waals surface area contributed by atoms with Gasteiger partial charge in [0.05, 0.1) is 11.1 Å². The first-order chi connectivity index (χ1) is 9.16. The number of aliphatic carboxylic acids is 1. The van der Waals surface area contributed by atoms with Gasteiger partial charge in [-0.3, -0.25) is 9.59 Å². The van der Waals surface area contributed by atoms with Gasteiger partial charge >= 0.3 is 5.97 Å². The molecule has 0 saturated heterocycles. The van der Waals surface area contributed by atoms with E-state index in [4.69, 9.17) is 0 Å². The van der Waals surface area contributed by atoms with Crippen LogP contribution >= 0.6 is 31.9 Å². The van der Waals surface area contributed by atoms with Gasteiger partial charge in [0, 0.05) is 15.4 Å². The molecule has 0 spiro atoms. The van der Waals surface area contributed by atoms with Gasteiger partial charge in [0.2, 0.25) is 5.91 Å². The second-order valence-corrected chi connectivity index (χ2v) is 7.00. The van der Waals surface area contributed by atoms with E-state index in [1.165, 1.54) is 0 Å². The molecule has 0 aliphatic carbocycles. The number of benzene rings is 1. The summed E-state index contributed by atoms with van der Waals surface area (Å²) in [5, 5.41) is 12.1. The lowest BCUT2D eigenvalue weighted by molar-refractivity contribution is -0.153. The van der Waals surface area contributed by atoms with Crippen molar-refractivity contribution in [3.63, 3.8) is 0 Å². The molecule has 110 valence electrons. The van der Waals surface area contributed by atoms with Gasteiger partial charge in [-0.1, -0.05) is 29.8 Å². The smallest absolute Gasteiger partial charge is 0.310 e. The van der Waals surface area contributed by atoms with Crippen molar-refractivity contribution < 1.29 is 14.7 Å². The van der Waals surface area contributed by atoms with Gasteiger partial charge in [0.1, 0.15) is 0 Å². The number of carbonyl (C=O) groups is 2. The molecular formula is C14H17Br2NO3. The Bertz CT molecular complexity index is 531. The van der Waals surface area contributed by atoms with Crippen LogP contribution in [0.3, 0.4) is 0 Å². The number of hydrogen-bond acceptors (Lipinski definition) is 2. The second kappa shape index (κ2) is 6.72. The van der Waals surface area contributed by atoms with Crippen molar-refractivity contribution in [2.75, 3.05) is 5.32 Å². The summed E-state index contributed by atoms with van der Waals surface area (Å²) in [5.41, 5.74) is -0.469. The average Bonchev–Trinajstić information content (AvgIpc) is 2.33. The van der Waals surface area contributed by atoms with E-state index in [0.29, 0.717) is 5.69 Å². The number of carbonyl (C=O) groups excluding carboxylic acids is 1. The van der Waals surface area contributed by atoms with Crippen molar-refractivity contribution in [1.82, 2.24) is 0 Å². The summed E-state index contributed by atoms with van der Waals surface area (Å²) in [6.07, 6.45) is -0.0705. The van der Waals surface area contributed by atoms with Crippen molar-refractivity contribution in [1.29, 1.82) is 0 Å². The monoisotopic (exact) mass is 405 g/mol. The molecular weight excluding hydrogens is 390 g/mol. The Morgan fingerprint density at radius 2 is 1.95 bits per heavy atom. The fraction of sp³-hybridized carbons (Fsp3) is 0.429. The van der Waals surface area contributed by atoms with Crippen LogP contribution in [0.5, 0.6) is 0 Å². The largest absolute Gasteiger partial charge is 0.481 e. The Hall–Kier alpha value is -0.880. The third-order valence-corrected chi connectivity index (χ3v) is 4.68. The van der Waals surface area contributed by atoms with E-state index in [2.05, 4.69) is 37.2 Å². The predicted octanol–water partition coefficient (Wildman–Crippen LogP) is 4.29. The second-order valence-electron chi connectivity index (χ2n) is 5.23. The van der Waals surface area contributed by atoms with E-state index >= 15 is 0 Å². The lowest BCUT2D eigenvalue weighted by Gasteiger charge is -2.28. The molecule has 1 rings (SSSR count). The van der Waals surface area contributed by atoms with E-state index in [-0.39, 0.29) is 18.2 Å². The number of anilines is 1.